The van der Waals surface area contributed by atoms with E-state index in [1.807, 2.05) is 31.2 Å². The van der Waals surface area contributed by atoms with Gasteiger partial charge in [0.2, 0.25) is 0 Å². The molecule has 0 radical (unpaired) electrons. The zero-order chi connectivity index (χ0) is 14.5. The van der Waals surface area contributed by atoms with Crippen LogP contribution in [0.2, 0.25) is 0 Å². The van der Waals surface area contributed by atoms with Gasteiger partial charge in [-0.05, 0) is 43.4 Å². The second kappa shape index (κ2) is 6.69. The number of rotatable bonds is 5. The molecule has 108 valence electrons. The van der Waals surface area contributed by atoms with Gasteiger partial charge >= 0.3 is 0 Å². The van der Waals surface area contributed by atoms with Crippen LogP contribution in [0.15, 0.2) is 24.3 Å². The lowest BCUT2D eigenvalue weighted by molar-refractivity contribution is -0.134. The highest BCUT2D eigenvalue weighted by Crippen LogP contribution is 2.27. The molecule has 1 aliphatic carbocycles. The molecule has 1 fully saturated rings. The quantitative estimate of drug-likeness (QED) is 0.774. The number of hydrogen-bond acceptors (Lipinski definition) is 3. The average Bonchev–Trinajstić information content (AvgIpc) is 2.41. The van der Waals surface area contributed by atoms with Crippen LogP contribution in [0.4, 0.5) is 0 Å². The first kappa shape index (κ1) is 14.8. The fourth-order valence-electron chi connectivity index (χ4n) is 2.74. The highest BCUT2D eigenvalue weighted by molar-refractivity contribution is 6.03. The van der Waals surface area contributed by atoms with E-state index in [1.165, 1.54) is 0 Å². The number of benzene rings is 1. The van der Waals surface area contributed by atoms with Crippen molar-refractivity contribution < 1.29 is 14.3 Å². The Labute approximate surface area is 120 Å². The molecule has 0 aromatic heterocycles. The van der Waals surface area contributed by atoms with Crippen molar-refractivity contribution in [2.24, 2.45) is 11.8 Å². The Morgan fingerprint density at radius 3 is 2.55 bits per heavy atom. The summed E-state index contributed by atoms with van der Waals surface area (Å²) in [6.45, 7) is 4.64. The van der Waals surface area contributed by atoms with Gasteiger partial charge in [0.1, 0.15) is 17.3 Å². The lowest BCUT2D eigenvalue weighted by atomic mass is 9.78. The van der Waals surface area contributed by atoms with Gasteiger partial charge in [-0.2, -0.15) is 0 Å². The van der Waals surface area contributed by atoms with Crippen molar-refractivity contribution in [3.63, 3.8) is 0 Å². The summed E-state index contributed by atoms with van der Waals surface area (Å²) in [6.07, 6.45) is 2.60. The van der Waals surface area contributed by atoms with Gasteiger partial charge in [0.25, 0.3) is 0 Å². The summed E-state index contributed by atoms with van der Waals surface area (Å²) in [5.74, 6) is 1.05. The Balaban J connectivity index is 1.95. The van der Waals surface area contributed by atoms with Crippen LogP contribution in [0.5, 0.6) is 5.75 Å². The van der Waals surface area contributed by atoms with Crippen LogP contribution in [0, 0.1) is 11.8 Å². The SMILES string of the molecule is CCOc1ccc(CC(=O)C2CCC(C)CC2=O)cc1. The normalized spacial score (nSPS) is 22.6. The Morgan fingerprint density at radius 2 is 1.95 bits per heavy atom. The topological polar surface area (TPSA) is 43.4 Å². The first-order valence-corrected chi connectivity index (χ1v) is 7.37. The standard InChI is InChI=1S/C17H22O3/c1-3-20-14-7-5-13(6-8-14)11-17(19)15-9-4-12(2)10-16(15)18/h5-8,12,15H,3-4,9-11H2,1-2H3. The highest BCUT2D eigenvalue weighted by atomic mass is 16.5. The Bertz CT molecular complexity index is 476. The van der Waals surface area contributed by atoms with Crippen LogP contribution in [-0.4, -0.2) is 18.2 Å². The summed E-state index contributed by atoms with van der Waals surface area (Å²) >= 11 is 0. The minimum atomic E-state index is -0.377. The molecule has 3 nitrogen and oxygen atoms in total. The first-order chi connectivity index (χ1) is 9.60. The zero-order valence-corrected chi connectivity index (χ0v) is 12.2. The van der Waals surface area contributed by atoms with Gasteiger partial charge in [-0.15, -0.1) is 0 Å². The summed E-state index contributed by atoms with van der Waals surface area (Å²) in [5.41, 5.74) is 0.949. The van der Waals surface area contributed by atoms with Gasteiger partial charge in [0.15, 0.2) is 0 Å². The van der Waals surface area contributed by atoms with E-state index in [0.29, 0.717) is 25.4 Å². The van der Waals surface area contributed by atoms with Crippen molar-refractivity contribution in [2.75, 3.05) is 6.61 Å². The molecule has 0 spiro atoms. The molecule has 0 bridgehead atoms. The van der Waals surface area contributed by atoms with E-state index in [-0.39, 0.29) is 17.5 Å². The summed E-state index contributed by atoms with van der Waals surface area (Å²) in [4.78, 5) is 24.2. The van der Waals surface area contributed by atoms with Crippen LogP contribution in [0.3, 0.4) is 0 Å². The molecule has 0 N–H and O–H groups in total. The molecule has 0 amide bonds. The third-order valence-corrected chi connectivity index (χ3v) is 3.89. The number of ketones is 2. The average molecular weight is 274 g/mol. The maximum absolute atomic E-state index is 12.2. The second-order valence-electron chi connectivity index (χ2n) is 5.63. The molecule has 0 heterocycles. The minimum Gasteiger partial charge on any atom is -0.494 e. The Kier molecular flexibility index (Phi) is 4.94. The number of carbonyl (C=O) groups is 2. The maximum atomic E-state index is 12.2. The molecule has 2 atom stereocenters. The van der Waals surface area contributed by atoms with E-state index in [1.54, 1.807) is 0 Å². The van der Waals surface area contributed by atoms with E-state index in [0.717, 1.165) is 24.2 Å². The van der Waals surface area contributed by atoms with Crippen molar-refractivity contribution in [1.29, 1.82) is 0 Å². The third-order valence-electron chi connectivity index (χ3n) is 3.89. The van der Waals surface area contributed by atoms with Crippen LogP contribution >= 0.6 is 0 Å². The monoisotopic (exact) mass is 274 g/mol. The molecular formula is C17H22O3. The highest BCUT2D eigenvalue weighted by Gasteiger charge is 2.31. The maximum Gasteiger partial charge on any atom is 0.147 e. The van der Waals surface area contributed by atoms with E-state index in [9.17, 15) is 9.59 Å². The molecule has 1 saturated carbocycles. The fourth-order valence-corrected chi connectivity index (χ4v) is 2.74. The van der Waals surface area contributed by atoms with Crippen molar-refractivity contribution >= 4 is 11.6 Å². The molecule has 3 heteroatoms. The van der Waals surface area contributed by atoms with Crippen LogP contribution in [0.25, 0.3) is 0 Å². The van der Waals surface area contributed by atoms with Crippen molar-refractivity contribution in [3.8, 4) is 5.75 Å². The largest absolute Gasteiger partial charge is 0.494 e. The number of ether oxygens (including phenoxy) is 1. The van der Waals surface area contributed by atoms with Crippen LogP contribution in [-0.2, 0) is 16.0 Å². The van der Waals surface area contributed by atoms with Crippen molar-refractivity contribution in [2.45, 2.75) is 39.5 Å². The van der Waals surface area contributed by atoms with Gasteiger partial charge in [-0.25, -0.2) is 0 Å². The first-order valence-electron chi connectivity index (χ1n) is 7.37. The van der Waals surface area contributed by atoms with E-state index in [4.69, 9.17) is 4.74 Å². The predicted octanol–water partition coefficient (Wildman–Crippen LogP) is 3.20. The number of Topliss-reactive ketones (excluding diaryl/α,β-unsaturated/α-hetero) is 2. The molecule has 2 rings (SSSR count). The van der Waals surface area contributed by atoms with Gasteiger partial charge in [0.05, 0.1) is 12.5 Å². The summed E-state index contributed by atoms with van der Waals surface area (Å²) in [5, 5.41) is 0. The molecule has 20 heavy (non-hydrogen) atoms. The van der Waals surface area contributed by atoms with Crippen molar-refractivity contribution in [1.82, 2.24) is 0 Å². The van der Waals surface area contributed by atoms with E-state index in [2.05, 4.69) is 6.92 Å². The molecule has 0 aliphatic heterocycles. The van der Waals surface area contributed by atoms with E-state index < -0.39 is 0 Å². The van der Waals surface area contributed by atoms with Gasteiger partial charge < -0.3 is 4.74 Å². The predicted molar refractivity (Wildman–Crippen MR) is 77.8 cm³/mol. The summed E-state index contributed by atoms with van der Waals surface area (Å²) in [6, 6.07) is 7.55. The van der Waals surface area contributed by atoms with Gasteiger partial charge in [-0.1, -0.05) is 19.1 Å². The lowest BCUT2D eigenvalue weighted by Gasteiger charge is -2.23. The molecule has 1 aromatic rings. The minimum absolute atomic E-state index is 0.0612. The summed E-state index contributed by atoms with van der Waals surface area (Å²) in [7, 11) is 0. The Hall–Kier alpha value is -1.64. The molecule has 1 aliphatic rings. The molecule has 0 saturated heterocycles. The zero-order valence-electron chi connectivity index (χ0n) is 12.2. The van der Waals surface area contributed by atoms with Crippen LogP contribution in [0.1, 0.15) is 38.7 Å². The fraction of sp³-hybridized carbons (Fsp3) is 0.529. The third kappa shape index (κ3) is 3.69. The molecule has 1 aromatic carbocycles. The Morgan fingerprint density at radius 1 is 1.25 bits per heavy atom. The number of hydrogen-bond donors (Lipinski definition) is 0. The van der Waals surface area contributed by atoms with Crippen LogP contribution < -0.4 is 4.74 Å². The summed E-state index contributed by atoms with van der Waals surface area (Å²) < 4.78 is 5.37. The van der Waals surface area contributed by atoms with Gasteiger partial charge in [-0.3, -0.25) is 9.59 Å². The van der Waals surface area contributed by atoms with E-state index >= 15 is 0 Å². The van der Waals surface area contributed by atoms with Gasteiger partial charge in [0, 0.05) is 12.8 Å². The van der Waals surface area contributed by atoms with Crippen molar-refractivity contribution in [3.05, 3.63) is 29.8 Å². The number of carbonyl (C=O) groups excluding carboxylic acids is 2. The molecule has 2 unspecified atom stereocenters. The smallest absolute Gasteiger partial charge is 0.147 e. The second-order valence-corrected chi connectivity index (χ2v) is 5.63. The lowest BCUT2D eigenvalue weighted by Crippen LogP contribution is -2.31. The molecular weight excluding hydrogens is 252 g/mol.